The van der Waals surface area contributed by atoms with E-state index in [1.165, 1.54) is 7.11 Å². The summed E-state index contributed by atoms with van der Waals surface area (Å²) >= 11 is 0. The van der Waals surface area contributed by atoms with Gasteiger partial charge in [-0.25, -0.2) is 0 Å². The van der Waals surface area contributed by atoms with Crippen LogP contribution in [-0.2, 0) is 9.53 Å². The van der Waals surface area contributed by atoms with Gasteiger partial charge >= 0.3 is 5.97 Å². The van der Waals surface area contributed by atoms with Gasteiger partial charge in [0.05, 0.1) is 13.5 Å². The molecule has 1 aliphatic carbocycles. The van der Waals surface area contributed by atoms with Gasteiger partial charge in [-0.1, -0.05) is 0 Å². The highest BCUT2D eigenvalue weighted by atomic mass is 16.5. The maximum atomic E-state index is 10.9. The van der Waals surface area contributed by atoms with Crippen LogP contribution in [0.4, 0.5) is 0 Å². The summed E-state index contributed by atoms with van der Waals surface area (Å²) in [5.41, 5.74) is 5.56. The average Bonchev–Trinajstić information content (AvgIpc) is 2.66. The summed E-state index contributed by atoms with van der Waals surface area (Å²) in [7, 11) is 1.39. The molecule has 1 aliphatic rings. The Kier molecular flexibility index (Phi) is 2.18. The van der Waals surface area contributed by atoms with Crippen molar-refractivity contribution in [2.45, 2.75) is 31.7 Å². The molecule has 64 valence electrons. The third kappa shape index (κ3) is 2.19. The standard InChI is InChI=1S/C8H15NO2/c1-8(9,6-3-4-6)5-7(10)11-2/h6H,3-5,9H2,1-2H3/t8-/m1/s1. The van der Waals surface area contributed by atoms with Crippen LogP contribution < -0.4 is 5.73 Å². The van der Waals surface area contributed by atoms with Crippen molar-refractivity contribution in [1.82, 2.24) is 0 Å². The fourth-order valence-corrected chi connectivity index (χ4v) is 1.27. The van der Waals surface area contributed by atoms with E-state index in [0.29, 0.717) is 12.3 Å². The molecular formula is C8H15NO2. The van der Waals surface area contributed by atoms with E-state index in [1.807, 2.05) is 6.92 Å². The SMILES string of the molecule is COC(=O)C[C@@](C)(N)C1CC1. The van der Waals surface area contributed by atoms with E-state index in [4.69, 9.17) is 5.73 Å². The third-order valence-corrected chi connectivity index (χ3v) is 2.26. The van der Waals surface area contributed by atoms with Gasteiger partial charge in [-0.2, -0.15) is 0 Å². The van der Waals surface area contributed by atoms with E-state index in [0.717, 1.165) is 12.8 Å². The molecule has 1 fully saturated rings. The van der Waals surface area contributed by atoms with Gasteiger partial charge in [-0.05, 0) is 25.7 Å². The van der Waals surface area contributed by atoms with Crippen LogP contribution in [0.2, 0.25) is 0 Å². The molecule has 1 saturated carbocycles. The molecule has 2 N–H and O–H groups in total. The molecule has 0 radical (unpaired) electrons. The minimum atomic E-state index is -0.340. The molecule has 1 atom stereocenters. The topological polar surface area (TPSA) is 52.3 Å². The predicted molar refractivity (Wildman–Crippen MR) is 41.9 cm³/mol. The van der Waals surface area contributed by atoms with Crippen molar-refractivity contribution in [2.24, 2.45) is 11.7 Å². The maximum absolute atomic E-state index is 10.9. The summed E-state index contributed by atoms with van der Waals surface area (Å²) in [5.74, 6) is 0.323. The van der Waals surface area contributed by atoms with Gasteiger partial charge in [-0.15, -0.1) is 0 Å². The van der Waals surface area contributed by atoms with Crippen molar-refractivity contribution in [2.75, 3.05) is 7.11 Å². The van der Waals surface area contributed by atoms with Crippen LogP contribution in [0.5, 0.6) is 0 Å². The van der Waals surface area contributed by atoms with Crippen LogP contribution in [0.15, 0.2) is 0 Å². The van der Waals surface area contributed by atoms with Gasteiger partial charge in [0.2, 0.25) is 0 Å². The van der Waals surface area contributed by atoms with E-state index < -0.39 is 0 Å². The first-order valence-electron chi connectivity index (χ1n) is 3.92. The van der Waals surface area contributed by atoms with Crippen molar-refractivity contribution in [3.05, 3.63) is 0 Å². The molecule has 0 aromatic carbocycles. The molecule has 0 spiro atoms. The van der Waals surface area contributed by atoms with Crippen LogP contribution >= 0.6 is 0 Å². The molecule has 0 heterocycles. The lowest BCUT2D eigenvalue weighted by atomic mass is 9.93. The Hall–Kier alpha value is -0.570. The summed E-state index contributed by atoms with van der Waals surface area (Å²) in [5, 5.41) is 0. The Bertz CT molecular complexity index is 161. The normalized spacial score (nSPS) is 22.5. The number of carbonyl (C=O) groups excluding carboxylic acids is 1. The average molecular weight is 157 g/mol. The molecular weight excluding hydrogens is 142 g/mol. The molecule has 0 bridgehead atoms. The predicted octanol–water partition coefficient (Wildman–Crippen LogP) is 0.677. The first kappa shape index (κ1) is 8.53. The zero-order chi connectivity index (χ0) is 8.48. The molecule has 0 aliphatic heterocycles. The highest BCUT2D eigenvalue weighted by molar-refractivity contribution is 5.70. The molecule has 3 heteroatoms. The van der Waals surface area contributed by atoms with Crippen molar-refractivity contribution in [3.8, 4) is 0 Å². The van der Waals surface area contributed by atoms with Gasteiger partial charge in [0.25, 0.3) is 0 Å². The van der Waals surface area contributed by atoms with Crippen LogP contribution in [0.1, 0.15) is 26.2 Å². The fourth-order valence-electron chi connectivity index (χ4n) is 1.27. The van der Waals surface area contributed by atoms with E-state index >= 15 is 0 Å². The quantitative estimate of drug-likeness (QED) is 0.613. The molecule has 0 aromatic heterocycles. The number of carbonyl (C=O) groups is 1. The number of ether oxygens (including phenoxy) is 1. The molecule has 0 unspecified atom stereocenters. The lowest BCUT2D eigenvalue weighted by Crippen LogP contribution is -2.41. The second-order valence-corrected chi connectivity index (χ2v) is 3.53. The number of rotatable bonds is 3. The molecule has 0 saturated heterocycles. The number of hydrogen-bond donors (Lipinski definition) is 1. The van der Waals surface area contributed by atoms with E-state index in [2.05, 4.69) is 4.74 Å². The summed E-state index contributed by atoms with van der Waals surface area (Å²) in [6.07, 6.45) is 2.65. The third-order valence-electron chi connectivity index (χ3n) is 2.26. The Morgan fingerprint density at radius 3 is 2.64 bits per heavy atom. The highest BCUT2D eigenvalue weighted by Gasteiger charge is 2.39. The van der Waals surface area contributed by atoms with Crippen LogP contribution in [0.25, 0.3) is 0 Å². The molecule has 1 rings (SSSR count). The number of esters is 1. The van der Waals surface area contributed by atoms with Crippen molar-refractivity contribution in [3.63, 3.8) is 0 Å². The smallest absolute Gasteiger partial charge is 0.307 e. The van der Waals surface area contributed by atoms with Gasteiger partial charge in [0.1, 0.15) is 0 Å². The second kappa shape index (κ2) is 2.81. The zero-order valence-corrected chi connectivity index (χ0v) is 7.09. The minimum absolute atomic E-state index is 0.207. The summed E-state index contributed by atoms with van der Waals surface area (Å²) in [4.78, 5) is 10.9. The van der Waals surface area contributed by atoms with Gasteiger partial charge < -0.3 is 10.5 Å². The maximum Gasteiger partial charge on any atom is 0.307 e. The molecule has 0 amide bonds. The minimum Gasteiger partial charge on any atom is -0.469 e. The summed E-state index contributed by atoms with van der Waals surface area (Å²) in [6.45, 7) is 1.92. The van der Waals surface area contributed by atoms with Crippen molar-refractivity contribution in [1.29, 1.82) is 0 Å². The Morgan fingerprint density at radius 1 is 1.73 bits per heavy atom. The number of nitrogens with two attached hydrogens (primary N) is 1. The Balaban J connectivity index is 2.38. The number of methoxy groups -OCH3 is 1. The molecule has 3 nitrogen and oxygen atoms in total. The Labute approximate surface area is 66.9 Å². The fraction of sp³-hybridized carbons (Fsp3) is 0.875. The van der Waals surface area contributed by atoms with Crippen LogP contribution in [0, 0.1) is 5.92 Å². The largest absolute Gasteiger partial charge is 0.469 e. The van der Waals surface area contributed by atoms with Gasteiger partial charge in [0.15, 0.2) is 0 Å². The van der Waals surface area contributed by atoms with E-state index in [9.17, 15) is 4.79 Å². The van der Waals surface area contributed by atoms with E-state index in [-0.39, 0.29) is 11.5 Å². The monoisotopic (exact) mass is 157 g/mol. The van der Waals surface area contributed by atoms with Crippen molar-refractivity contribution >= 4 is 5.97 Å². The lowest BCUT2D eigenvalue weighted by Gasteiger charge is -2.22. The lowest BCUT2D eigenvalue weighted by molar-refractivity contribution is -0.142. The first-order chi connectivity index (χ1) is 5.06. The van der Waals surface area contributed by atoms with Gasteiger partial charge in [-0.3, -0.25) is 4.79 Å². The molecule has 0 aromatic rings. The van der Waals surface area contributed by atoms with Gasteiger partial charge in [0, 0.05) is 5.54 Å². The number of hydrogen-bond acceptors (Lipinski definition) is 3. The first-order valence-corrected chi connectivity index (χ1v) is 3.92. The van der Waals surface area contributed by atoms with Crippen LogP contribution in [0.3, 0.4) is 0 Å². The molecule has 11 heavy (non-hydrogen) atoms. The van der Waals surface area contributed by atoms with Crippen LogP contribution in [-0.4, -0.2) is 18.6 Å². The van der Waals surface area contributed by atoms with E-state index in [1.54, 1.807) is 0 Å². The van der Waals surface area contributed by atoms with Crippen molar-refractivity contribution < 1.29 is 9.53 Å². The summed E-state index contributed by atoms with van der Waals surface area (Å²) in [6, 6.07) is 0. The summed E-state index contributed by atoms with van der Waals surface area (Å²) < 4.78 is 4.55. The Morgan fingerprint density at radius 2 is 2.27 bits per heavy atom. The zero-order valence-electron chi connectivity index (χ0n) is 7.09. The highest BCUT2D eigenvalue weighted by Crippen LogP contribution is 2.39. The second-order valence-electron chi connectivity index (χ2n) is 3.53.